The molecule has 2 N–H and O–H groups in total. The van der Waals surface area contributed by atoms with E-state index < -0.39 is 0 Å². The van der Waals surface area contributed by atoms with Crippen LogP contribution in [-0.2, 0) is 9.59 Å². The van der Waals surface area contributed by atoms with E-state index in [1.54, 1.807) is 13.8 Å². The van der Waals surface area contributed by atoms with Crippen LogP contribution in [-0.4, -0.2) is 44.7 Å². The van der Waals surface area contributed by atoms with Gasteiger partial charge in [0, 0.05) is 68.3 Å². The first-order chi connectivity index (χ1) is 33.8. The Morgan fingerprint density at radius 2 is 0.757 bits per heavy atom. The molecule has 0 saturated carbocycles. The summed E-state index contributed by atoms with van der Waals surface area (Å²) in [5.41, 5.74) is 21.8. The number of carbonyl (C=O) groups is 2. The Morgan fingerprint density at radius 3 is 1.11 bits per heavy atom. The molecule has 0 aliphatic carbocycles. The summed E-state index contributed by atoms with van der Waals surface area (Å²) in [5, 5.41) is 0. The molecule has 70 heavy (non-hydrogen) atoms. The van der Waals surface area contributed by atoms with E-state index in [-0.39, 0.29) is 11.6 Å². The minimum atomic E-state index is 0.189. The first-order valence-corrected chi connectivity index (χ1v) is 24.6. The maximum absolute atomic E-state index is 11.8. The molecule has 8 heteroatoms. The van der Waals surface area contributed by atoms with Crippen LogP contribution in [0, 0.1) is 41.5 Å². The van der Waals surface area contributed by atoms with Gasteiger partial charge in [-0.15, -0.1) is 0 Å². The number of aromatic amines is 2. The quantitative estimate of drug-likeness (QED) is 0.0934. The van der Waals surface area contributed by atoms with Crippen LogP contribution >= 0.6 is 0 Å². The number of rotatable bonds is 16. The molecule has 0 radical (unpaired) electrons. The van der Waals surface area contributed by atoms with Crippen molar-refractivity contribution in [2.24, 2.45) is 0 Å². The number of benzene rings is 4. The monoisotopic (exact) mass is 926 g/mol. The summed E-state index contributed by atoms with van der Waals surface area (Å²) in [6.45, 7) is 17.3. The summed E-state index contributed by atoms with van der Waals surface area (Å²) >= 11 is 0. The zero-order valence-corrected chi connectivity index (χ0v) is 41.7. The van der Waals surface area contributed by atoms with Crippen molar-refractivity contribution in [2.75, 3.05) is 13.2 Å². The molecule has 0 atom stereocenters. The van der Waals surface area contributed by atoms with Crippen LogP contribution in [0.25, 0.3) is 90.9 Å². The Labute approximate surface area is 411 Å². The highest BCUT2D eigenvalue weighted by molar-refractivity contribution is 6.01. The van der Waals surface area contributed by atoms with Gasteiger partial charge in [-0.1, -0.05) is 71.8 Å². The molecule has 0 unspecified atom stereocenters. The third kappa shape index (κ3) is 9.95. The number of para-hydroxylation sites is 2. The van der Waals surface area contributed by atoms with Gasteiger partial charge in [0.2, 0.25) is 0 Å². The Balaban J connectivity index is 1.39. The van der Waals surface area contributed by atoms with Crippen molar-refractivity contribution < 1.29 is 19.1 Å². The SMILES string of the molecule is CC(=O)CCCCOc1ccccc1-c1c2nc(c(-c3c(C)cc(C)cc3C)c3ccc([nH]3)c(-c3ccccc3OCCCCC(C)=O)c3nc(c(-c4c(C)cc(C)cc4C)c4ccc1[nH]4)C=C3)C=C2. The number of ether oxygens (including phenoxy) is 2. The van der Waals surface area contributed by atoms with Gasteiger partial charge in [0.25, 0.3) is 0 Å². The average Bonchev–Trinajstić information content (AvgIpc) is 4.17. The van der Waals surface area contributed by atoms with Gasteiger partial charge < -0.3 is 29.0 Å². The van der Waals surface area contributed by atoms with E-state index in [9.17, 15) is 9.59 Å². The smallest absolute Gasteiger partial charge is 0.129 e. The summed E-state index contributed by atoms with van der Waals surface area (Å²) in [6.07, 6.45) is 12.7. The number of hydrogen-bond donors (Lipinski definition) is 2. The van der Waals surface area contributed by atoms with Crippen molar-refractivity contribution in [3.63, 3.8) is 0 Å². The van der Waals surface area contributed by atoms with Gasteiger partial charge in [0.1, 0.15) is 23.1 Å². The van der Waals surface area contributed by atoms with Crippen LogP contribution in [0.5, 0.6) is 11.5 Å². The summed E-state index contributed by atoms with van der Waals surface area (Å²) < 4.78 is 13.2. The molecule has 8 bridgehead atoms. The van der Waals surface area contributed by atoms with E-state index in [0.29, 0.717) is 26.1 Å². The van der Waals surface area contributed by atoms with Gasteiger partial charge in [0.15, 0.2) is 0 Å². The Kier molecular flexibility index (Phi) is 13.9. The van der Waals surface area contributed by atoms with Crippen molar-refractivity contribution in [1.82, 2.24) is 19.9 Å². The first kappa shape index (κ1) is 47.5. The molecule has 2 aliphatic rings. The van der Waals surface area contributed by atoms with Gasteiger partial charge in [-0.25, -0.2) is 9.97 Å². The van der Waals surface area contributed by atoms with Crippen LogP contribution < -0.4 is 9.47 Å². The summed E-state index contributed by atoms with van der Waals surface area (Å²) in [6, 6.07) is 34.0. The number of fused-ring (bicyclic) bond motifs is 8. The predicted molar refractivity (Wildman–Crippen MR) is 289 cm³/mol. The third-order valence-electron chi connectivity index (χ3n) is 13.3. The highest BCUT2D eigenvalue weighted by Gasteiger charge is 2.23. The summed E-state index contributed by atoms with van der Waals surface area (Å²) in [7, 11) is 0. The lowest BCUT2D eigenvalue weighted by Gasteiger charge is -2.14. The fourth-order valence-electron chi connectivity index (χ4n) is 10.4. The molecule has 0 amide bonds. The molecule has 0 saturated heterocycles. The Hall–Kier alpha value is -7.58. The highest BCUT2D eigenvalue weighted by atomic mass is 16.5. The predicted octanol–water partition coefficient (Wildman–Crippen LogP) is 15.5. The standard InChI is InChI=1S/C62H62N4O4/c1-37-33-39(3)57(40(4)34-37)61-51-27-23-47(63-51)59(45-19-9-11-21-55(45)69-31-15-13-17-43(7)67)49-25-29-53(65-49)62(58-41(5)35-38(2)36-42(58)6)54-30-26-50(66-54)60(48-24-28-52(61)64-48)46-20-10-12-22-56(46)70-32-16-14-18-44(8)68/h9-12,19-30,33-36,63,66H,13-18,31-32H2,1-8H3. The largest absolute Gasteiger partial charge is 0.493 e. The van der Waals surface area contributed by atoms with Gasteiger partial charge in [0.05, 0.1) is 36.0 Å². The first-order valence-electron chi connectivity index (χ1n) is 24.6. The molecule has 2 aliphatic heterocycles. The van der Waals surface area contributed by atoms with Gasteiger partial charge in [-0.05, 0) is 175 Å². The Morgan fingerprint density at radius 1 is 0.429 bits per heavy atom. The van der Waals surface area contributed by atoms with Gasteiger partial charge in [-0.2, -0.15) is 0 Å². The van der Waals surface area contributed by atoms with Crippen LogP contribution in [0.4, 0.5) is 0 Å². The van der Waals surface area contributed by atoms with E-state index in [2.05, 4.69) is 136 Å². The molecular formula is C62H62N4O4. The fourth-order valence-corrected chi connectivity index (χ4v) is 10.4. The maximum atomic E-state index is 11.8. The summed E-state index contributed by atoms with van der Waals surface area (Å²) in [5.74, 6) is 1.88. The molecule has 0 spiro atoms. The van der Waals surface area contributed by atoms with E-state index >= 15 is 0 Å². The lowest BCUT2D eigenvalue weighted by atomic mass is 9.92. The molecule has 8 nitrogen and oxygen atoms in total. The molecule has 354 valence electrons. The maximum Gasteiger partial charge on any atom is 0.129 e. The summed E-state index contributed by atoms with van der Waals surface area (Å²) in [4.78, 5) is 42.6. The zero-order chi connectivity index (χ0) is 49.1. The van der Waals surface area contributed by atoms with Crippen LogP contribution in [0.15, 0.2) is 97.1 Å². The topological polar surface area (TPSA) is 110 Å². The highest BCUT2D eigenvalue weighted by Crippen LogP contribution is 2.43. The van der Waals surface area contributed by atoms with Crippen LogP contribution in [0.1, 0.15) is 109 Å². The second-order valence-corrected chi connectivity index (χ2v) is 19.1. The normalized spacial score (nSPS) is 11.9. The third-order valence-corrected chi connectivity index (χ3v) is 13.3. The van der Waals surface area contributed by atoms with E-state index in [0.717, 1.165) is 149 Å². The number of hydrogen-bond acceptors (Lipinski definition) is 6. The van der Waals surface area contributed by atoms with E-state index in [4.69, 9.17) is 19.4 Å². The number of nitrogens with one attached hydrogen (secondary N) is 2. The van der Waals surface area contributed by atoms with Crippen molar-refractivity contribution >= 4 is 57.9 Å². The number of nitrogens with zero attached hydrogens (tertiary/aromatic N) is 2. The zero-order valence-electron chi connectivity index (χ0n) is 41.7. The Bertz CT molecular complexity index is 3150. The van der Waals surface area contributed by atoms with Crippen molar-refractivity contribution in [3.05, 3.63) is 153 Å². The number of aromatic nitrogens is 4. The number of Topliss-reactive ketones (excluding diaryl/α,β-unsaturated/α-hetero) is 2. The number of unbranched alkanes of at least 4 members (excludes halogenated alkanes) is 2. The van der Waals surface area contributed by atoms with Crippen molar-refractivity contribution in [1.29, 1.82) is 0 Å². The van der Waals surface area contributed by atoms with E-state index in [1.165, 1.54) is 11.1 Å². The lowest BCUT2D eigenvalue weighted by molar-refractivity contribution is -0.118. The molecule has 0 fully saturated rings. The second-order valence-electron chi connectivity index (χ2n) is 19.1. The molecule has 9 rings (SSSR count). The van der Waals surface area contributed by atoms with Gasteiger partial charge >= 0.3 is 0 Å². The van der Waals surface area contributed by atoms with Crippen molar-refractivity contribution in [2.45, 2.75) is 93.9 Å². The minimum absolute atomic E-state index is 0.189. The molecule has 7 aromatic rings. The molecular weight excluding hydrogens is 865 g/mol. The number of ketones is 2. The van der Waals surface area contributed by atoms with Crippen molar-refractivity contribution in [3.8, 4) is 56.0 Å². The lowest BCUT2D eigenvalue weighted by Crippen LogP contribution is -2.01. The average molecular weight is 927 g/mol. The van der Waals surface area contributed by atoms with Gasteiger partial charge in [-0.3, -0.25) is 0 Å². The molecule has 5 heterocycles. The van der Waals surface area contributed by atoms with E-state index in [1.807, 2.05) is 36.4 Å². The molecule has 3 aromatic heterocycles. The fraction of sp³-hybridized carbons (Fsp3) is 0.258. The number of aryl methyl sites for hydroxylation is 6. The molecule has 4 aromatic carbocycles. The minimum Gasteiger partial charge on any atom is -0.493 e. The second kappa shape index (κ2) is 20.6. The number of carbonyl (C=O) groups excluding carboxylic acids is 2. The van der Waals surface area contributed by atoms with Crippen LogP contribution in [0.3, 0.4) is 0 Å². The number of H-pyrrole nitrogens is 2. The van der Waals surface area contributed by atoms with Crippen LogP contribution in [0.2, 0.25) is 0 Å².